The Morgan fingerprint density at radius 1 is 1.39 bits per heavy atom. The van der Waals surface area contributed by atoms with Crippen LogP contribution in [-0.4, -0.2) is 43.8 Å². The summed E-state index contributed by atoms with van der Waals surface area (Å²) in [5.74, 6) is 1.43. The highest BCUT2D eigenvalue weighted by atomic mass is 16.5. The molecular weight excluding hydrogens is 232 g/mol. The van der Waals surface area contributed by atoms with Gasteiger partial charge in [0.25, 0.3) is 0 Å². The summed E-state index contributed by atoms with van der Waals surface area (Å²) in [6.07, 6.45) is 7.91. The molecule has 3 atom stereocenters. The predicted octanol–water partition coefficient (Wildman–Crippen LogP) is 0.499. The third-order valence-electron chi connectivity index (χ3n) is 3.89. The minimum Gasteiger partial charge on any atom is -0.375 e. The highest BCUT2D eigenvalue weighted by Crippen LogP contribution is 2.38. The largest absolute Gasteiger partial charge is 0.375 e. The molecule has 2 aliphatic rings. The summed E-state index contributed by atoms with van der Waals surface area (Å²) in [5.41, 5.74) is 0.657. The Labute approximate surface area is 104 Å². The Bertz CT molecular complexity index is 569. The summed E-state index contributed by atoms with van der Waals surface area (Å²) >= 11 is 0. The minimum atomic E-state index is 0.434. The molecule has 0 amide bonds. The third-order valence-corrected chi connectivity index (χ3v) is 3.89. The number of ether oxygens (including phenoxy) is 1. The molecule has 7 heteroatoms. The van der Waals surface area contributed by atoms with Crippen molar-refractivity contribution >= 4 is 11.5 Å². The van der Waals surface area contributed by atoms with Gasteiger partial charge < -0.3 is 10.1 Å². The molecule has 4 heterocycles. The number of tetrazole rings is 1. The molecular formula is C11H14N6O. The molecule has 0 aliphatic carbocycles. The van der Waals surface area contributed by atoms with Gasteiger partial charge in [0, 0.05) is 12.5 Å². The topological polar surface area (TPSA) is 77.2 Å². The van der Waals surface area contributed by atoms with Crippen molar-refractivity contribution in [2.75, 3.05) is 11.9 Å². The van der Waals surface area contributed by atoms with E-state index in [-0.39, 0.29) is 0 Å². The molecule has 94 valence electrons. The van der Waals surface area contributed by atoms with E-state index in [0.717, 1.165) is 18.8 Å². The van der Waals surface area contributed by atoms with Gasteiger partial charge in [-0.25, -0.2) is 0 Å². The number of anilines is 1. The van der Waals surface area contributed by atoms with Crippen LogP contribution in [0.3, 0.4) is 0 Å². The van der Waals surface area contributed by atoms with Crippen LogP contribution >= 0.6 is 0 Å². The molecule has 4 rings (SSSR count). The number of hydrogen-bond acceptors (Lipinski definition) is 6. The lowest BCUT2D eigenvalue weighted by Crippen LogP contribution is -2.25. The van der Waals surface area contributed by atoms with Crippen LogP contribution in [0, 0.1) is 5.92 Å². The van der Waals surface area contributed by atoms with Gasteiger partial charge in [0.1, 0.15) is 5.82 Å². The number of nitrogens with one attached hydrogen (secondary N) is 1. The highest BCUT2D eigenvalue weighted by molar-refractivity contribution is 5.43. The van der Waals surface area contributed by atoms with Crippen molar-refractivity contribution < 1.29 is 4.74 Å². The summed E-state index contributed by atoms with van der Waals surface area (Å²) in [6.45, 7) is 0.891. The lowest BCUT2D eigenvalue weighted by atomic mass is 9.89. The highest BCUT2D eigenvalue weighted by Gasteiger charge is 2.40. The van der Waals surface area contributed by atoms with E-state index in [4.69, 9.17) is 4.74 Å². The average molecular weight is 246 g/mol. The first kappa shape index (κ1) is 10.2. The number of nitrogens with zero attached hydrogens (tertiary/aromatic N) is 5. The van der Waals surface area contributed by atoms with E-state index in [9.17, 15) is 0 Å². The fourth-order valence-corrected chi connectivity index (χ4v) is 2.99. The summed E-state index contributed by atoms with van der Waals surface area (Å²) in [4.78, 5) is 4.12. The zero-order valence-corrected chi connectivity index (χ0v) is 9.86. The van der Waals surface area contributed by atoms with E-state index in [2.05, 4.69) is 25.8 Å². The number of rotatable bonds is 3. The normalized spacial score (nSPS) is 30.1. The van der Waals surface area contributed by atoms with Crippen molar-refractivity contribution in [3.05, 3.63) is 12.4 Å². The molecule has 18 heavy (non-hydrogen) atoms. The molecule has 2 saturated heterocycles. The summed E-state index contributed by atoms with van der Waals surface area (Å²) in [7, 11) is 0. The van der Waals surface area contributed by atoms with Gasteiger partial charge in [-0.15, -0.1) is 5.10 Å². The second kappa shape index (κ2) is 3.88. The fraction of sp³-hybridized carbons (Fsp3) is 0.636. The zero-order valence-electron chi connectivity index (χ0n) is 9.86. The zero-order chi connectivity index (χ0) is 11.9. The molecule has 2 aromatic heterocycles. The molecule has 0 aromatic carbocycles. The van der Waals surface area contributed by atoms with E-state index >= 15 is 0 Å². The van der Waals surface area contributed by atoms with Crippen molar-refractivity contribution in [1.82, 2.24) is 25.0 Å². The van der Waals surface area contributed by atoms with Crippen LogP contribution in [0.15, 0.2) is 12.4 Å². The maximum absolute atomic E-state index is 5.84. The maximum Gasteiger partial charge on any atom is 0.199 e. The second-order valence-electron chi connectivity index (χ2n) is 4.99. The van der Waals surface area contributed by atoms with E-state index in [1.54, 1.807) is 16.9 Å². The molecule has 0 spiro atoms. The minimum absolute atomic E-state index is 0.434. The summed E-state index contributed by atoms with van der Waals surface area (Å²) in [5, 5.41) is 14.8. The fourth-order valence-electron chi connectivity index (χ4n) is 2.99. The Morgan fingerprint density at radius 3 is 3.22 bits per heavy atom. The SMILES string of the molecule is c1ncc2nnnn2c1NCC1CC2CCC1O2. The van der Waals surface area contributed by atoms with Crippen molar-refractivity contribution in [2.45, 2.75) is 31.5 Å². The van der Waals surface area contributed by atoms with Crippen LogP contribution in [0.25, 0.3) is 5.65 Å². The van der Waals surface area contributed by atoms with Crippen LogP contribution in [0.4, 0.5) is 5.82 Å². The molecule has 2 bridgehead atoms. The monoisotopic (exact) mass is 246 g/mol. The Balaban J connectivity index is 1.50. The molecule has 7 nitrogen and oxygen atoms in total. The Hall–Kier alpha value is -1.76. The predicted molar refractivity (Wildman–Crippen MR) is 63.1 cm³/mol. The molecule has 2 fully saturated rings. The summed E-state index contributed by atoms with van der Waals surface area (Å²) in [6, 6.07) is 0. The Kier molecular flexibility index (Phi) is 2.19. The van der Waals surface area contributed by atoms with E-state index in [1.807, 2.05) is 0 Å². The number of fused-ring (bicyclic) bond motifs is 3. The first-order valence-corrected chi connectivity index (χ1v) is 6.31. The van der Waals surface area contributed by atoms with Gasteiger partial charge in [-0.1, -0.05) is 0 Å². The number of hydrogen-bond donors (Lipinski definition) is 1. The Morgan fingerprint density at radius 2 is 2.39 bits per heavy atom. The first-order chi connectivity index (χ1) is 8.90. The van der Waals surface area contributed by atoms with Gasteiger partial charge in [-0.05, 0) is 29.7 Å². The van der Waals surface area contributed by atoms with Crippen LogP contribution in [0.1, 0.15) is 19.3 Å². The van der Waals surface area contributed by atoms with Crippen molar-refractivity contribution in [3.8, 4) is 0 Å². The van der Waals surface area contributed by atoms with Crippen LogP contribution < -0.4 is 5.32 Å². The quantitative estimate of drug-likeness (QED) is 0.849. The first-order valence-electron chi connectivity index (χ1n) is 6.31. The summed E-state index contributed by atoms with van der Waals surface area (Å²) < 4.78 is 7.51. The lowest BCUT2D eigenvalue weighted by molar-refractivity contribution is 0.0941. The van der Waals surface area contributed by atoms with E-state index in [1.165, 1.54) is 12.8 Å². The van der Waals surface area contributed by atoms with Gasteiger partial charge >= 0.3 is 0 Å². The molecule has 3 unspecified atom stereocenters. The van der Waals surface area contributed by atoms with Crippen LogP contribution in [-0.2, 0) is 4.74 Å². The maximum atomic E-state index is 5.84. The van der Waals surface area contributed by atoms with Crippen molar-refractivity contribution in [2.24, 2.45) is 5.92 Å². The van der Waals surface area contributed by atoms with Gasteiger partial charge in [0.15, 0.2) is 5.65 Å². The van der Waals surface area contributed by atoms with E-state index in [0.29, 0.717) is 23.8 Å². The van der Waals surface area contributed by atoms with Crippen molar-refractivity contribution in [3.63, 3.8) is 0 Å². The van der Waals surface area contributed by atoms with Gasteiger partial charge in [-0.2, -0.15) is 4.52 Å². The van der Waals surface area contributed by atoms with Crippen molar-refractivity contribution in [1.29, 1.82) is 0 Å². The van der Waals surface area contributed by atoms with Crippen LogP contribution in [0.2, 0.25) is 0 Å². The standard InChI is InChI=1S/C11H14N6O/c1-2-9-7(3-8(1)18-9)4-13-10-5-12-6-11-14-15-16-17(10)11/h5-9,13H,1-4H2. The van der Waals surface area contributed by atoms with E-state index < -0.39 is 0 Å². The lowest BCUT2D eigenvalue weighted by Gasteiger charge is -2.19. The van der Waals surface area contributed by atoms with Gasteiger partial charge in [-0.3, -0.25) is 4.98 Å². The number of aromatic nitrogens is 5. The van der Waals surface area contributed by atoms with Gasteiger partial charge in [0.2, 0.25) is 0 Å². The van der Waals surface area contributed by atoms with Gasteiger partial charge in [0.05, 0.1) is 24.6 Å². The second-order valence-corrected chi connectivity index (χ2v) is 4.99. The molecule has 1 N–H and O–H groups in total. The molecule has 0 radical (unpaired) electrons. The molecule has 2 aliphatic heterocycles. The smallest absolute Gasteiger partial charge is 0.199 e. The van der Waals surface area contributed by atoms with Crippen LogP contribution in [0.5, 0.6) is 0 Å². The molecule has 0 saturated carbocycles. The third kappa shape index (κ3) is 1.54. The average Bonchev–Trinajstić information content (AvgIpc) is 3.11. The molecule has 2 aromatic rings.